The van der Waals surface area contributed by atoms with Gasteiger partial charge in [-0.3, -0.25) is 0 Å². The number of carbonyl (C=O) groups is 1. The Kier molecular flexibility index (Phi) is 5.71. The van der Waals surface area contributed by atoms with Crippen molar-refractivity contribution < 1.29 is 39.4 Å². The minimum Gasteiger partial charge on any atom is -0.507 e. The maximum atomic E-state index is 12.6. The summed E-state index contributed by atoms with van der Waals surface area (Å²) in [6, 6.07) is 2.90. The van der Waals surface area contributed by atoms with Crippen molar-refractivity contribution in [3.05, 3.63) is 35.4 Å². The smallest absolute Gasteiger partial charge is 0.342 e. The van der Waals surface area contributed by atoms with Crippen molar-refractivity contribution in [1.29, 1.82) is 0 Å². The van der Waals surface area contributed by atoms with Crippen molar-refractivity contribution in [1.82, 2.24) is 0 Å². The zero-order valence-corrected chi connectivity index (χ0v) is 15.1. The van der Waals surface area contributed by atoms with Gasteiger partial charge in [0.15, 0.2) is 0 Å². The molecule has 2 aliphatic rings. The number of carbonyl (C=O) groups excluding carboxylic acids is 1. The van der Waals surface area contributed by atoms with E-state index >= 15 is 0 Å². The first kappa shape index (κ1) is 19.6. The van der Waals surface area contributed by atoms with E-state index < -0.39 is 42.6 Å². The van der Waals surface area contributed by atoms with Crippen molar-refractivity contribution >= 4 is 5.97 Å². The van der Waals surface area contributed by atoms with Gasteiger partial charge >= 0.3 is 5.97 Å². The van der Waals surface area contributed by atoms with E-state index in [9.17, 15) is 25.2 Å². The third kappa shape index (κ3) is 4.24. The molecule has 1 saturated heterocycles. The molecule has 148 valence electrons. The molecule has 8 nitrogen and oxygen atoms in total. The second kappa shape index (κ2) is 7.85. The van der Waals surface area contributed by atoms with E-state index in [0.717, 1.165) is 0 Å². The molecule has 2 aliphatic heterocycles. The Labute approximate surface area is 156 Å². The number of aliphatic hydroxyl groups excluding tert-OH is 3. The van der Waals surface area contributed by atoms with E-state index in [1.807, 2.05) is 0 Å². The van der Waals surface area contributed by atoms with Crippen LogP contribution in [0.1, 0.15) is 41.8 Å². The number of cyclic esters (lactones) is 1. The monoisotopic (exact) mass is 380 g/mol. The summed E-state index contributed by atoms with van der Waals surface area (Å²) in [5.41, 5.74) is 0.384. The van der Waals surface area contributed by atoms with Gasteiger partial charge in [-0.15, -0.1) is 0 Å². The Bertz CT molecular complexity index is 731. The molecular formula is C19H24O8. The molecule has 0 spiro atoms. The lowest BCUT2D eigenvalue weighted by molar-refractivity contribution is -0.0464. The first-order chi connectivity index (χ1) is 12.8. The predicted octanol–water partition coefficient (Wildman–Crippen LogP) is 0.819. The molecule has 1 aromatic carbocycles. The molecule has 3 rings (SSSR count). The number of aromatic hydroxyl groups is 1. The Morgan fingerprint density at radius 2 is 1.96 bits per heavy atom. The van der Waals surface area contributed by atoms with Gasteiger partial charge in [0.25, 0.3) is 0 Å². The van der Waals surface area contributed by atoms with Crippen LogP contribution in [0.25, 0.3) is 0 Å². The predicted molar refractivity (Wildman–Crippen MR) is 93.5 cm³/mol. The van der Waals surface area contributed by atoms with E-state index in [0.29, 0.717) is 17.7 Å². The highest BCUT2D eigenvalue weighted by Crippen LogP contribution is 2.46. The zero-order chi connectivity index (χ0) is 19.7. The van der Waals surface area contributed by atoms with Crippen molar-refractivity contribution in [3.63, 3.8) is 0 Å². The van der Waals surface area contributed by atoms with Crippen LogP contribution < -0.4 is 4.74 Å². The minimum atomic E-state index is -1.37. The SMILES string of the molecule is COc1cc(O)c2c(c1)[C@H]1O[C@@H]1C[C@H](O)[C@H](O)[C@H](O)C=CC[C@H](C)OC2=O. The van der Waals surface area contributed by atoms with Crippen LogP contribution in [0.15, 0.2) is 24.3 Å². The number of ether oxygens (including phenoxy) is 3. The topological polar surface area (TPSA) is 129 Å². The summed E-state index contributed by atoms with van der Waals surface area (Å²) in [5, 5.41) is 40.5. The van der Waals surface area contributed by atoms with E-state index in [2.05, 4.69) is 0 Å². The van der Waals surface area contributed by atoms with Gasteiger partial charge in [-0.25, -0.2) is 4.79 Å². The van der Waals surface area contributed by atoms with Gasteiger partial charge < -0.3 is 34.6 Å². The number of fused-ring (bicyclic) bond motifs is 3. The fourth-order valence-electron chi connectivity index (χ4n) is 3.20. The van der Waals surface area contributed by atoms with Gasteiger partial charge in [0.05, 0.1) is 19.3 Å². The van der Waals surface area contributed by atoms with Gasteiger partial charge in [-0.1, -0.05) is 12.2 Å². The summed E-state index contributed by atoms with van der Waals surface area (Å²) in [5.74, 6) is -0.630. The highest BCUT2D eigenvalue weighted by Gasteiger charge is 2.45. The van der Waals surface area contributed by atoms with E-state index in [1.54, 1.807) is 19.1 Å². The molecule has 6 atom stereocenters. The summed E-state index contributed by atoms with van der Waals surface area (Å²) < 4.78 is 16.1. The minimum absolute atomic E-state index is 0.00809. The molecule has 0 saturated carbocycles. The molecule has 1 fully saturated rings. The van der Waals surface area contributed by atoms with E-state index in [1.165, 1.54) is 19.3 Å². The average Bonchev–Trinajstić information content (AvgIpc) is 3.38. The molecule has 0 unspecified atom stereocenters. The summed E-state index contributed by atoms with van der Waals surface area (Å²) in [6.45, 7) is 1.67. The fourth-order valence-corrected chi connectivity index (χ4v) is 3.20. The summed E-state index contributed by atoms with van der Waals surface area (Å²) in [4.78, 5) is 12.6. The first-order valence-corrected chi connectivity index (χ1v) is 8.80. The molecule has 0 aromatic heterocycles. The van der Waals surface area contributed by atoms with Crippen LogP contribution in [-0.2, 0) is 9.47 Å². The maximum Gasteiger partial charge on any atom is 0.342 e. The highest BCUT2D eigenvalue weighted by molar-refractivity contribution is 5.95. The lowest BCUT2D eigenvalue weighted by atomic mass is 9.96. The van der Waals surface area contributed by atoms with Crippen LogP contribution in [0, 0.1) is 0 Å². The van der Waals surface area contributed by atoms with Crippen molar-refractivity contribution in [2.75, 3.05) is 7.11 Å². The van der Waals surface area contributed by atoms with Crippen LogP contribution in [0.4, 0.5) is 0 Å². The molecular weight excluding hydrogens is 356 g/mol. The van der Waals surface area contributed by atoms with Gasteiger partial charge in [0.2, 0.25) is 0 Å². The van der Waals surface area contributed by atoms with E-state index in [4.69, 9.17) is 14.2 Å². The third-order valence-electron chi connectivity index (χ3n) is 4.78. The normalized spacial score (nSPS) is 34.0. The Morgan fingerprint density at radius 1 is 1.22 bits per heavy atom. The van der Waals surface area contributed by atoms with Gasteiger partial charge in [-0.2, -0.15) is 0 Å². The number of hydrogen-bond donors (Lipinski definition) is 4. The Morgan fingerprint density at radius 3 is 2.67 bits per heavy atom. The summed E-state index contributed by atoms with van der Waals surface area (Å²) >= 11 is 0. The van der Waals surface area contributed by atoms with Gasteiger partial charge in [0.1, 0.15) is 41.5 Å². The number of phenolic OH excluding ortho intramolecular Hbond substituents is 1. The zero-order valence-electron chi connectivity index (χ0n) is 15.1. The number of epoxide rings is 1. The second-order valence-corrected chi connectivity index (χ2v) is 6.87. The largest absolute Gasteiger partial charge is 0.507 e. The number of methoxy groups -OCH3 is 1. The highest BCUT2D eigenvalue weighted by atomic mass is 16.6. The van der Waals surface area contributed by atoms with Crippen LogP contribution >= 0.6 is 0 Å². The number of phenols is 1. The second-order valence-electron chi connectivity index (χ2n) is 6.87. The molecule has 4 N–H and O–H groups in total. The maximum absolute atomic E-state index is 12.6. The molecule has 0 amide bonds. The Balaban J connectivity index is 1.97. The molecule has 1 aromatic rings. The van der Waals surface area contributed by atoms with Crippen LogP contribution in [0.5, 0.6) is 11.5 Å². The third-order valence-corrected chi connectivity index (χ3v) is 4.78. The molecule has 0 aliphatic carbocycles. The standard InChI is InChI=1S/C19H24O8/c1-9-4-3-5-12(20)17(23)14(22)8-15-18(27-15)11-6-10(25-2)7-13(21)16(11)19(24)26-9/h3,5-7,9,12,14-15,17-18,20-23H,4,8H2,1-2H3/t9-,12+,14-,15+,17+,18+/m0/s1. The quantitative estimate of drug-likeness (QED) is 0.320. The van der Waals surface area contributed by atoms with Crippen molar-refractivity contribution in [2.45, 2.75) is 56.4 Å². The van der Waals surface area contributed by atoms with Gasteiger partial charge in [-0.05, 0) is 13.0 Å². The number of rotatable bonds is 1. The number of hydrogen-bond acceptors (Lipinski definition) is 8. The van der Waals surface area contributed by atoms with Crippen LogP contribution in [-0.4, -0.2) is 64.0 Å². The number of aliphatic hydroxyl groups is 3. The summed E-state index contributed by atoms with van der Waals surface area (Å²) in [6.07, 6.45) is -2.15. The molecule has 27 heavy (non-hydrogen) atoms. The van der Waals surface area contributed by atoms with Crippen molar-refractivity contribution in [2.24, 2.45) is 0 Å². The van der Waals surface area contributed by atoms with Crippen molar-refractivity contribution in [3.8, 4) is 11.5 Å². The molecule has 8 heteroatoms. The molecule has 0 radical (unpaired) electrons. The number of benzene rings is 1. The van der Waals surface area contributed by atoms with Crippen LogP contribution in [0.3, 0.4) is 0 Å². The lowest BCUT2D eigenvalue weighted by Gasteiger charge is -2.21. The fraction of sp³-hybridized carbons (Fsp3) is 0.526. The molecule has 0 bridgehead atoms. The summed E-state index contributed by atoms with van der Waals surface area (Å²) in [7, 11) is 1.43. The number of esters is 1. The van der Waals surface area contributed by atoms with E-state index in [-0.39, 0.29) is 17.7 Å². The molecule has 2 heterocycles. The van der Waals surface area contributed by atoms with Gasteiger partial charge in [0, 0.05) is 24.5 Å². The average molecular weight is 380 g/mol. The Hall–Kier alpha value is -2.13. The lowest BCUT2D eigenvalue weighted by Crippen LogP contribution is -2.37. The van der Waals surface area contributed by atoms with Crippen LogP contribution in [0.2, 0.25) is 0 Å². The first-order valence-electron chi connectivity index (χ1n) is 8.80.